The molecule has 0 saturated carbocycles. The average Bonchev–Trinajstić information content (AvgIpc) is 2.80. The molecule has 0 fully saturated rings. The first-order valence-electron chi connectivity index (χ1n) is 4.68. The molecular formula is C11H10N2OS2. The Labute approximate surface area is 104 Å². The second-order valence-electron chi connectivity index (χ2n) is 3.18. The molecule has 1 aromatic rings. The lowest BCUT2D eigenvalue weighted by molar-refractivity contribution is -0.106. The summed E-state index contributed by atoms with van der Waals surface area (Å²) in [5, 5.41) is 5.87. The second-order valence-corrected chi connectivity index (χ2v) is 4.42. The fourth-order valence-electron chi connectivity index (χ4n) is 1.29. The van der Waals surface area contributed by atoms with Crippen molar-refractivity contribution < 1.29 is 4.79 Å². The molecule has 0 bridgehead atoms. The summed E-state index contributed by atoms with van der Waals surface area (Å²) < 4.78 is 0. The number of carbonyl (C=O) groups is 1. The number of thiol groups is 1. The van der Waals surface area contributed by atoms with E-state index in [4.69, 9.17) is 0 Å². The van der Waals surface area contributed by atoms with Crippen LogP contribution in [0.5, 0.6) is 0 Å². The minimum Gasteiger partial charge on any atom is -0.283 e. The first-order valence-corrected chi connectivity index (χ1v) is 6.18. The first kappa shape index (κ1) is 11.3. The van der Waals surface area contributed by atoms with Crippen molar-refractivity contribution in [3.63, 3.8) is 0 Å². The number of hydrazone groups is 1. The minimum absolute atomic E-state index is 0.246. The highest BCUT2D eigenvalue weighted by Crippen LogP contribution is 2.21. The van der Waals surface area contributed by atoms with Crippen LogP contribution in [0.1, 0.15) is 5.56 Å². The maximum Gasteiger partial charge on any atom is 0.209 e. The van der Waals surface area contributed by atoms with Gasteiger partial charge in [-0.05, 0) is 23.8 Å². The van der Waals surface area contributed by atoms with Gasteiger partial charge in [0, 0.05) is 0 Å². The maximum absolute atomic E-state index is 10.6. The Morgan fingerprint density at radius 2 is 2.19 bits per heavy atom. The lowest BCUT2D eigenvalue weighted by atomic mass is 10.2. The normalized spacial score (nSPS) is 14.9. The van der Waals surface area contributed by atoms with Crippen LogP contribution in [0.2, 0.25) is 0 Å². The number of carbonyl (C=O) groups excluding carboxylic acids is 1. The summed E-state index contributed by atoms with van der Waals surface area (Å²) in [6, 6.07) is 7.85. The summed E-state index contributed by atoms with van der Waals surface area (Å²) in [5.74, 6) is 0.851. The van der Waals surface area contributed by atoms with Gasteiger partial charge in [0.1, 0.15) is 0 Å². The quantitative estimate of drug-likeness (QED) is 0.661. The summed E-state index contributed by atoms with van der Waals surface area (Å²) in [6.07, 6.45) is 3.17. The molecule has 1 aliphatic heterocycles. The van der Waals surface area contributed by atoms with Crippen LogP contribution < -0.4 is 5.01 Å². The van der Waals surface area contributed by atoms with Crippen LogP contribution in [-0.4, -0.2) is 16.5 Å². The van der Waals surface area contributed by atoms with Gasteiger partial charge in [0.25, 0.3) is 0 Å². The summed E-state index contributed by atoms with van der Waals surface area (Å²) in [6.45, 7) is 0. The first-order chi connectivity index (χ1) is 7.75. The van der Waals surface area contributed by atoms with Crippen molar-refractivity contribution in [2.24, 2.45) is 5.10 Å². The van der Waals surface area contributed by atoms with E-state index in [0.717, 1.165) is 17.1 Å². The summed E-state index contributed by atoms with van der Waals surface area (Å²) >= 11 is 5.32. The largest absolute Gasteiger partial charge is 0.283 e. The number of benzene rings is 1. The number of anilines is 1. The van der Waals surface area contributed by atoms with Crippen molar-refractivity contribution in [1.82, 2.24) is 0 Å². The molecule has 1 heterocycles. The molecule has 82 valence electrons. The lowest BCUT2D eigenvalue weighted by Gasteiger charge is -2.12. The Morgan fingerprint density at radius 1 is 1.44 bits per heavy atom. The average molecular weight is 250 g/mol. The fraction of sp³-hybridized carbons (Fsp3) is 0.0909. The zero-order valence-corrected chi connectivity index (χ0v) is 10.1. The smallest absolute Gasteiger partial charge is 0.209 e. The zero-order valence-electron chi connectivity index (χ0n) is 8.41. The van der Waals surface area contributed by atoms with E-state index in [0.29, 0.717) is 0 Å². The standard InChI is InChI=1S/C11H10N2OS2/c14-11(15)6-3-9-1-4-10(5-2-9)13-8-16-7-12-13/h1-7H,8H2,(H,14,15). The third kappa shape index (κ3) is 2.90. The van der Waals surface area contributed by atoms with Crippen molar-refractivity contribution >= 4 is 46.8 Å². The van der Waals surface area contributed by atoms with Gasteiger partial charge in [-0.25, -0.2) is 0 Å². The van der Waals surface area contributed by atoms with Crippen LogP contribution in [0, 0.1) is 0 Å². The number of hydrogen-bond acceptors (Lipinski definition) is 4. The van der Waals surface area contributed by atoms with E-state index in [2.05, 4.69) is 17.7 Å². The highest BCUT2D eigenvalue weighted by molar-refractivity contribution is 8.12. The molecule has 0 amide bonds. The van der Waals surface area contributed by atoms with Crippen LogP contribution in [0.15, 0.2) is 35.4 Å². The molecule has 0 spiro atoms. The predicted molar refractivity (Wildman–Crippen MR) is 72.9 cm³/mol. The predicted octanol–water partition coefficient (Wildman–Crippen LogP) is 2.61. The highest BCUT2D eigenvalue weighted by Gasteiger charge is 2.07. The molecule has 1 aliphatic rings. The van der Waals surface area contributed by atoms with Crippen LogP contribution >= 0.6 is 24.4 Å². The molecule has 0 N–H and O–H groups in total. The molecular weight excluding hydrogens is 240 g/mol. The Bertz CT molecular complexity index is 440. The SMILES string of the molecule is O=C(S)C=Cc1ccc(N2CSC=N2)cc1. The van der Waals surface area contributed by atoms with Gasteiger partial charge in [-0.1, -0.05) is 30.0 Å². The highest BCUT2D eigenvalue weighted by atomic mass is 32.2. The van der Waals surface area contributed by atoms with E-state index >= 15 is 0 Å². The van der Waals surface area contributed by atoms with E-state index in [1.165, 1.54) is 6.08 Å². The van der Waals surface area contributed by atoms with Crippen molar-refractivity contribution in [3.05, 3.63) is 35.9 Å². The van der Waals surface area contributed by atoms with E-state index in [9.17, 15) is 4.79 Å². The van der Waals surface area contributed by atoms with Gasteiger partial charge in [0.2, 0.25) is 5.12 Å². The van der Waals surface area contributed by atoms with Crippen molar-refractivity contribution in [2.45, 2.75) is 0 Å². The van der Waals surface area contributed by atoms with E-state index in [-0.39, 0.29) is 5.12 Å². The Kier molecular flexibility index (Phi) is 3.69. The third-order valence-corrected chi connectivity index (χ3v) is 2.85. The lowest BCUT2D eigenvalue weighted by Crippen LogP contribution is -2.09. The molecule has 3 nitrogen and oxygen atoms in total. The minimum atomic E-state index is -0.246. The molecule has 0 aliphatic carbocycles. The van der Waals surface area contributed by atoms with Crippen LogP contribution in [0.4, 0.5) is 5.69 Å². The molecule has 16 heavy (non-hydrogen) atoms. The molecule has 0 aromatic heterocycles. The van der Waals surface area contributed by atoms with Gasteiger partial charge in [-0.2, -0.15) is 5.10 Å². The Morgan fingerprint density at radius 3 is 2.75 bits per heavy atom. The number of nitrogens with zero attached hydrogens (tertiary/aromatic N) is 2. The third-order valence-electron chi connectivity index (χ3n) is 2.07. The summed E-state index contributed by atoms with van der Waals surface area (Å²) in [7, 11) is 0. The molecule has 0 radical (unpaired) electrons. The molecule has 2 rings (SSSR count). The fourth-order valence-corrected chi connectivity index (χ4v) is 1.97. The Hall–Kier alpha value is -1.20. The van der Waals surface area contributed by atoms with Gasteiger partial charge in [-0.3, -0.25) is 9.80 Å². The maximum atomic E-state index is 10.6. The van der Waals surface area contributed by atoms with Gasteiger partial charge in [0.05, 0.1) is 17.1 Å². The monoisotopic (exact) mass is 250 g/mol. The number of hydrogen-bond donors (Lipinski definition) is 1. The summed E-state index contributed by atoms with van der Waals surface area (Å²) in [4.78, 5) is 10.6. The van der Waals surface area contributed by atoms with E-state index < -0.39 is 0 Å². The van der Waals surface area contributed by atoms with E-state index in [1.54, 1.807) is 17.8 Å². The molecule has 0 atom stereocenters. The molecule has 0 unspecified atom stereocenters. The van der Waals surface area contributed by atoms with Crippen LogP contribution in [-0.2, 0) is 4.79 Å². The van der Waals surface area contributed by atoms with Gasteiger partial charge in [-0.15, -0.1) is 12.6 Å². The van der Waals surface area contributed by atoms with Gasteiger partial charge < -0.3 is 0 Å². The van der Waals surface area contributed by atoms with E-state index in [1.807, 2.05) is 34.8 Å². The molecule has 0 saturated heterocycles. The second kappa shape index (κ2) is 5.23. The van der Waals surface area contributed by atoms with Gasteiger partial charge in [0.15, 0.2) is 0 Å². The molecule has 5 heteroatoms. The Balaban J connectivity index is 2.10. The number of thioether (sulfide) groups is 1. The van der Waals surface area contributed by atoms with Crippen molar-refractivity contribution in [2.75, 3.05) is 10.9 Å². The van der Waals surface area contributed by atoms with Crippen LogP contribution in [0.3, 0.4) is 0 Å². The topological polar surface area (TPSA) is 32.7 Å². The van der Waals surface area contributed by atoms with Gasteiger partial charge >= 0.3 is 0 Å². The zero-order chi connectivity index (χ0) is 11.4. The summed E-state index contributed by atoms with van der Waals surface area (Å²) in [5.41, 5.74) is 3.85. The van der Waals surface area contributed by atoms with Crippen molar-refractivity contribution in [3.8, 4) is 0 Å². The number of rotatable bonds is 3. The molecule has 1 aromatic carbocycles. The van der Waals surface area contributed by atoms with Crippen LogP contribution in [0.25, 0.3) is 6.08 Å². The van der Waals surface area contributed by atoms with Crippen molar-refractivity contribution in [1.29, 1.82) is 0 Å².